The van der Waals surface area contributed by atoms with E-state index >= 15 is 0 Å². The highest BCUT2D eigenvalue weighted by Crippen LogP contribution is 2.29. The summed E-state index contributed by atoms with van der Waals surface area (Å²) < 4.78 is 17.3. The molecule has 168 valence electrons. The Hall–Kier alpha value is -0.493. The second-order valence-corrected chi connectivity index (χ2v) is 12.9. The Morgan fingerprint density at radius 2 is 1.55 bits per heavy atom. The van der Waals surface area contributed by atoms with Gasteiger partial charge in [-0.05, 0) is 76.5 Å². The molecule has 0 aromatic rings. The minimum absolute atomic E-state index is 0.305. The first-order valence-electron chi connectivity index (χ1n) is 12.0. The molecule has 2 saturated carbocycles. The van der Waals surface area contributed by atoms with E-state index in [1.54, 1.807) is 7.11 Å². The Morgan fingerprint density at radius 3 is 2.21 bits per heavy atom. The number of hydrogen-bond donors (Lipinski definition) is 0. The van der Waals surface area contributed by atoms with Crippen molar-refractivity contribution in [2.24, 2.45) is 11.8 Å². The lowest BCUT2D eigenvalue weighted by atomic mass is 9.84. The fourth-order valence-corrected chi connectivity index (χ4v) is 5.14. The summed E-state index contributed by atoms with van der Waals surface area (Å²) in [4.78, 5) is 12.3. The molecule has 2 aliphatic carbocycles. The van der Waals surface area contributed by atoms with Gasteiger partial charge in [-0.3, -0.25) is 4.79 Å². The summed E-state index contributed by atoms with van der Waals surface area (Å²) in [5, 5.41) is 0. The Balaban J connectivity index is 1.46. The van der Waals surface area contributed by atoms with Crippen LogP contribution in [0, 0.1) is 11.8 Å². The van der Waals surface area contributed by atoms with Crippen molar-refractivity contribution in [1.82, 2.24) is 0 Å². The molecule has 0 spiro atoms. The first kappa shape index (κ1) is 24.8. The third-order valence-corrected chi connectivity index (χ3v) is 8.48. The normalized spacial score (nSPS) is 24.2. The van der Waals surface area contributed by atoms with Crippen molar-refractivity contribution in [2.45, 2.75) is 103 Å². The maximum Gasteiger partial charge on any atom is 0.331 e. The van der Waals surface area contributed by atoms with Gasteiger partial charge in [0.1, 0.15) is 0 Å². The number of rotatable bonds is 13. The fourth-order valence-electron chi connectivity index (χ4n) is 4.39. The van der Waals surface area contributed by atoms with Crippen LogP contribution in [0.2, 0.25) is 13.1 Å². The van der Waals surface area contributed by atoms with Crippen molar-refractivity contribution in [2.75, 3.05) is 20.3 Å². The minimum atomic E-state index is -1.85. The molecule has 0 aromatic heterocycles. The molecule has 0 heterocycles. The maximum absolute atomic E-state index is 12.3. The highest BCUT2D eigenvalue weighted by molar-refractivity contribution is 6.64. The van der Waals surface area contributed by atoms with Gasteiger partial charge in [0.15, 0.2) is 5.78 Å². The molecule has 0 saturated heterocycles. The summed E-state index contributed by atoms with van der Waals surface area (Å²) in [6.07, 6.45) is 19.7. The number of ether oxygens (including phenoxy) is 1. The second-order valence-electron chi connectivity index (χ2n) is 9.37. The summed E-state index contributed by atoms with van der Waals surface area (Å²) in [6, 6.07) is 0. The zero-order valence-electron chi connectivity index (χ0n) is 19.1. The largest absolute Gasteiger partial charge is 0.398 e. The molecule has 4 nitrogen and oxygen atoms in total. The number of hydrogen-bond acceptors (Lipinski definition) is 4. The lowest BCUT2D eigenvalue weighted by molar-refractivity contribution is -0.119. The van der Waals surface area contributed by atoms with Gasteiger partial charge in [-0.25, -0.2) is 0 Å². The van der Waals surface area contributed by atoms with Gasteiger partial charge in [-0.2, -0.15) is 0 Å². The van der Waals surface area contributed by atoms with Gasteiger partial charge < -0.3 is 13.6 Å². The van der Waals surface area contributed by atoms with E-state index in [-0.39, 0.29) is 0 Å². The average Bonchev–Trinajstić information content (AvgIpc) is 2.75. The van der Waals surface area contributed by atoms with Crippen molar-refractivity contribution < 1.29 is 18.4 Å². The number of unbranched alkanes of at least 4 members (excludes halogenated alkanes) is 3. The van der Waals surface area contributed by atoms with E-state index in [9.17, 15) is 4.79 Å². The molecule has 0 bridgehead atoms. The van der Waals surface area contributed by atoms with Crippen LogP contribution in [0.25, 0.3) is 0 Å². The van der Waals surface area contributed by atoms with Crippen LogP contribution in [0.1, 0.15) is 83.5 Å². The van der Waals surface area contributed by atoms with Crippen LogP contribution >= 0.6 is 0 Å². The standard InChI is InChI=1S/C24H44O4Si/c1-26-29(2,3)28-20-10-5-4-9-19-27-23-16-13-21(14-17-23)15-18-24(25)22-11-7-6-8-12-22/h15,18,21-23H,4-14,16-17,19-20H2,1-3H3. The topological polar surface area (TPSA) is 44.8 Å². The molecule has 0 aliphatic heterocycles. The number of carbonyl (C=O) groups excluding carboxylic acids is 1. The van der Waals surface area contributed by atoms with Crippen LogP contribution in [-0.4, -0.2) is 40.8 Å². The summed E-state index contributed by atoms with van der Waals surface area (Å²) in [5.41, 5.74) is 0. The Bertz CT molecular complexity index is 477. The minimum Gasteiger partial charge on any atom is -0.398 e. The van der Waals surface area contributed by atoms with E-state index in [4.69, 9.17) is 13.6 Å². The van der Waals surface area contributed by atoms with E-state index in [1.807, 2.05) is 6.08 Å². The highest BCUT2D eigenvalue weighted by Gasteiger charge is 2.23. The molecule has 2 aliphatic rings. The number of carbonyl (C=O) groups is 1. The molecule has 5 heteroatoms. The molecular weight excluding hydrogens is 380 g/mol. The number of allylic oxidation sites excluding steroid dienone is 2. The molecule has 0 amide bonds. The summed E-state index contributed by atoms with van der Waals surface area (Å²) in [7, 11) is -0.110. The Morgan fingerprint density at radius 1 is 0.897 bits per heavy atom. The monoisotopic (exact) mass is 424 g/mol. The van der Waals surface area contributed by atoms with Crippen molar-refractivity contribution in [3.05, 3.63) is 12.2 Å². The molecule has 29 heavy (non-hydrogen) atoms. The van der Waals surface area contributed by atoms with Gasteiger partial charge in [-0.15, -0.1) is 0 Å². The quantitative estimate of drug-likeness (QED) is 0.201. The zero-order valence-corrected chi connectivity index (χ0v) is 20.1. The average molecular weight is 425 g/mol. The lowest BCUT2D eigenvalue weighted by Crippen LogP contribution is -2.33. The van der Waals surface area contributed by atoms with Crippen LogP contribution in [0.4, 0.5) is 0 Å². The van der Waals surface area contributed by atoms with Crippen molar-refractivity contribution in [3.8, 4) is 0 Å². The highest BCUT2D eigenvalue weighted by atomic mass is 28.4. The van der Waals surface area contributed by atoms with E-state index in [0.717, 1.165) is 64.6 Å². The van der Waals surface area contributed by atoms with Crippen LogP contribution < -0.4 is 0 Å². The maximum atomic E-state index is 12.3. The molecule has 0 N–H and O–H groups in total. The van der Waals surface area contributed by atoms with E-state index < -0.39 is 8.56 Å². The van der Waals surface area contributed by atoms with Crippen molar-refractivity contribution >= 4 is 14.3 Å². The SMILES string of the molecule is CO[Si](C)(C)OCCCCCCOC1CCC(C=CC(=O)C2CCCCC2)CC1. The zero-order chi connectivity index (χ0) is 21.0. The molecule has 0 radical (unpaired) electrons. The second kappa shape index (κ2) is 13.7. The Labute approximate surface area is 180 Å². The summed E-state index contributed by atoms with van der Waals surface area (Å²) >= 11 is 0. The first-order valence-corrected chi connectivity index (χ1v) is 14.8. The molecule has 0 aromatic carbocycles. The lowest BCUT2D eigenvalue weighted by Gasteiger charge is -2.27. The van der Waals surface area contributed by atoms with Gasteiger partial charge in [-0.1, -0.05) is 38.2 Å². The van der Waals surface area contributed by atoms with Crippen molar-refractivity contribution in [3.63, 3.8) is 0 Å². The summed E-state index contributed by atoms with van der Waals surface area (Å²) in [6.45, 7) is 5.86. The number of ketones is 1. The van der Waals surface area contributed by atoms with Crippen molar-refractivity contribution in [1.29, 1.82) is 0 Å². The van der Waals surface area contributed by atoms with Gasteiger partial charge in [0.05, 0.1) is 6.10 Å². The predicted octanol–water partition coefficient (Wildman–Crippen LogP) is 6.19. The predicted molar refractivity (Wildman–Crippen MR) is 121 cm³/mol. The van der Waals surface area contributed by atoms with Gasteiger partial charge in [0.2, 0.25) is 0 Å². The third kappa shape index (κ3) is 10.4. The van der Waals surface area contributed by atoms with Gasteiger partial charge >= 0.3 is 8.56 Å². The van der Waals surface area contributed by atoms with E-state index in [1.165, 1.54) is 32.1 Å². The summed E-state index contributed by atoms with van der Waals surface area (Å²) in [5.74, 6) is 1.25. The molecule has 0 unspecified atom stereocenters. The van der Waals surface area contributed by atoms with Gasteiger partial charge in [0, 0.05) is 26.2 Å². The van der Waals surface area contributed by atoms with E-state index in [0.29, 0.717) is 23.7 Å². The first-order chi connectivity index (χ1) is 14.0. The Kier molecular flexibility index (Phi) is 11.7. The third-order valence-electron chi connectivity index (χ3n) is 6.59. The van der Waals surface area contributed by atoms with Crippen LogP contribution in [0.3, 0.4) is 0 Å². The van der Waals surface area contributed by atoms with Crippen LogP contribution in [-0.2, 0) is 18.4 Å². The molecule has 2 rings (SSSR count). The molecule has 2 fully saturated rings. The van der Waals surface area contributed by atoms with E-state index in [2.05, 4.69) is 19.2 Å². The van der Waals surface area contributed by atoms with Crippen LogP contribution in [0.5, 0.6) is 0 Å². The van der Waals surface area contributed by atoms with Gasteiger partial charge in [0.25, 0.3) is 0 Å². The smallest absolute Gasteiger partial charge is 0.331 e. The fraction of sp³-hybridized carbons (Fsp3) is 0.875. The molecule has 0 atom stereocenters. The molecular formula is C24H44O4Si. The van der Waals surface area contributed by atoms with Crippen LogP contribution in [0.15, 0.2) is 12.2 Å².